The van der Waals surface area contributed by atoms with Gasteiger partial charge < -0.3 is 4.90 Å². The Labute approximate surface area is 158 Å². The van der Waals surface area contributed by atoms with Crippen molar-refractivity contribution in [3.63, 3.8) is 0 Å². The van der Waals surface area contributed by atoms with Crippen molar-refractivity contribution >= 4 is 23.4 Å². The molecule has 0 bridgehead atoms. The van der Waals surface area contributed by atoms with Gasteiger partial charge in [-0.05, 0) is 49.9 Å². The number of para-hydroxylation sites is 1. The lowest BCUT2D eigenvalue weighted by Gasteiger charge is -2.46. The van der Waals surface area contributed by atoms with Crippen molar-refractivity contribution in [1.29, 1.82) is 0 Å². The van der Waals surface area contributed by atoms with Crippen LogP contribution in [0.3, 0.4) is 0 Å². The van der Waals surface area contributed by atoms with Crippen LogP contribution in [-0.4, -0.2) is 34.7 Å². The molecule has 0 N–H and O–H groups in total. The third-order valence-corrected chi connectivity index (χ3v) is 5.54. The quantitative estimate of drug-likeness (QED) is 0.767. The molecule has 2 aliphatic heterocycles. The van der Waals surface area contributed by atoms with Crippen molar-refractivity contribution in [1.82, 2.24) is 4.90 Å². The molecule has 5 heteroatoms. The summed E-state index contributed by atoms with van der Waals surface area (Å²) in [4.78, 5) is 41.3. The van der Waals surface area contributed by atoms with Gasteiger partial charge in [0.15, 0.2) is 0 Å². The van der Waals surface area contributed by atoms with Crippen molar-refractivity contribution in [3.8, 4) is 0 Å². The van der Waals surface area contributed by atoms with Gasteiger partial charge in [-0.2, -0.15) is 0 Å². The lowest BCUT2D eigenvalue weighted by Crippen LogP contribution is -2.55. The number of carbonyl (C=O) groups excluding carboxylic acids is 3. The van der Waals surface area contributed by atoms with E-state index in [4.69, 9.17) is 0 Å². The smallest absolute Gasteiger partial charge is 0.262 e. The fourth-order valence-corrected chi connectivity index (χ4v) is 4.45. The summed E-state index contributed by atoms with van der Waals surface area (Å²) in [5, 5.41) is 0. The minimum atomic E-state index is -0.402. The van der Waals surface area contributed by atoms with Gasteiger partial charge in [0, 0.05) is 11.2 Å². The number of nitrogens with zero attached hydrogens (tertiary/aromatic N) is 2. The molecule has 0 radical (unpaired) electrons. The zero-order chi connectivity index (χ0) is 19.3. The van der Waals surface area contributed by atoms with Gasteiger partial charge in [0.2, 0.25) is 5.91 Å². The molecule has 2 aromatic rings. The molecule has 4 rings (SSSR count). The Balaban J connectivity index is 1.67. The van der Waals surface area contributed by atoms with Gasteiger partial charge >= 0.3 is 0 Å². The maximum absolute atomic E-state index is 13.3. The number of fused-ring (bicyclic) bond motifs is 2. The van der Waals surface area contributed by atoms with E-state index in [2.05, 4.69) is 6.92 Å². The minimum absolute atomic E-state index is 0.242. The van der Waals surface area contributed by atoms with E-state index in [1.807, 2.05) is 38.1 Å². The number of carbonyl (C=O) groups is 3. The molecule has 0 aliphatic carbocycles. The van der Waals surface area contributed by atoms with Crippen LogP contribution in [0.4, 0.5) is 5.69 Å². The molecule has 138 valence electrons. The Morgan fingerprint density at radius 2 is 1.56 bits per heavy atom. The van der Waals surface area contributed by atoms with Crippen molar-refractivity contribution in [2.45, 2.75) is 38.6 Å². The molecule has 0 aromatic heterocycles. The fourth-order valence-electron chi connectivity index (χ4n) is 4.45. The summed E-state index contributed by atoms with van der Waals surface area (Å²) < 4.78 is 0. The summed E-state index contributed by atoms with van der Waals surface area (Å²) in [7, 11) is 0. The topological polar surface area (TPSA) is 57.7 Å². The summed E-state index contributed by atoms with van der Waals surface area (Å²) in [6.45, 7) is 5.96. The third-order valence-electron chi connectivity index (χ3n) is 5.54. The molecule has 1 atom stereocenters. The van der Waals surface area contributed by atoms with Crippen LogP contribution in [0.5, 0.6) is 0 Å². The summed E-state index contributed by atoms with van der Waals surface area (Å²) in [6.07, 6.45) is 0.817. The molecule has 3 amide bonds. The lowest BCUT2D eigenvalue weighted by atomic mass is 9.80. The first kappa shape index (κ1) is 17.5. The van der Waals surface area contributed by atoms with Gasteiger partial charge in [-0.15, -0.1) is 0 Å². The molecule has 0 spiro atoms. The highest BCUT2D eigenvalue weighted by atomic mass is 16.2. The molecule has 0 saturated carbocycles. The number of anilines is 1. The number of hydrogen-bond acceptors (Lipinski definition) is 3. The van der Waals surface area contributed by atoms with E-state index >= 15 is 0 Å². The Bertz CT molecular complexity index is 929. The maximum Gasteiger partial charge on any atom is 0.262 e. The van der Waals surface area contributed by atoms with Crippen molar-refractivity contribution in [3.05, 3.63) is 65.2 Å². The largest absolute Gasteiger partial charge is 0.305 e. The van der Waals surface area contributed by atoms with Crippen LogP contribution in [0.2, 0.25) is 0 Å². The van der Waals surface area contributed by atoms with Gasteiger partial charge in [-0.1, -0.05) is 37.3 Å². The molecule has 2 aliphatic rings. The summed E-state index contributed by atoms with van der Waals surface area (Å²) in [6, 6.07) is 14.6. The lowest BCUT2D eigenvalue weighted by molar-refractivity contribution is -0.120. The highest BCUT2D eigenvalue weighted by Crippen LogP contribution is 2.43. The molecule has 2 heterocycles. The molecule has 2 aromatic carbocycles. The van der Waals surface area contributed by atoms with Gasteiger partial charge in [-0.25, -0.2) is 0 Å². The zero-order valence-corrected chi connectivity index (χ0v) is 15.7. The van der Waals surface area contributed by atoms with E-state index in [0.717, 1.165) is 22.6 Å². The van der Waals surface area contributed by atoms with E-state index in [-0.39, 0.29) is 12.5 Å². The van der Waals surface area contributed by atoms with Crippen molar-refractivity contribution in [2.24, 2.45) is 0 Å². The highest BCUT2D eigenvalue weighted by Gasteiger charge is 2.43. The Hall–Kier alpha value is -2.95. The molecule has 5 nitrogen and oxygen atoms in total. The predicted molar refractivity (Wildman–Crippen MR) is 103 cm³/mol. The molecule has 0 saturated heterocycles. The summed E-state index contributed by atoms with van der Waals surface area (Å²) in [5.41, 5.74) is 2.31. The van der Waals surface area contributed by atoms with Gasteiger partial charge in [0.05, 0.1) is 11.1 Å². The van der Waals surface area contributed by atoms with Crippen LogP contribution in [0.1, 0.15) is 59.4 Å². The van der Waals surface area contributed by atoms with Gasteiger partial charge in [-0.3, -0.25) is 19.3 Å². The molecule has 0 unspecified atom stereocenters. The van der Waals surface area contributed by atoms with Gasteiger partial charge in [0.1, 0.15) is 6.54 Å². The van der Waals surface area contributed by atoms with Crippen LogP contribution in [0.25, 0.3) is 0 Å². The van der Waals surface area contributed by atoms with E-state index in [0.29, 0.717) is 17.0 Å². The summed E-state index contributed by atoms with van der Waals surface area (Å²) >= 11 is 0. The number of amides is 3. The second-order valence-electron chi connectivity index (χ2n) is 7.95. The van der Waals surface area contributed by atoms with Crippen molar-refractivity contribution in [2.75, 3.05) is 11.4 Å². The SMILES string of the molecule is C[C@H]1CC(C)(C)N(C(=O)CN2C(=O)c3ccccc3C2=O)c2ccccc21. The Morgan fingerprint density at radius 3 is 2.19 bits per heavy atom. The van der Waals surface area contributed by atoms with Crippen molar-refractivity contribution < 1.29 is 14.4 Å². The fraction of sp³-hybridized carbons (Fsp3) is 0.318. The predicted octanol–water partition coefficient (Wildman–Crippen LogP) is 3.60. The van der Waals surface area contributed by atoms with Crippen LogP contribution in [-0.2, 0) is 4.79 Å². The number of hydrogen-bond donors (Lipinski definition) is 0. The van der Waals surface area contributed by atoms with E-state index in [1.54, 1.807) is 29.2 Å². The monoisotopic (exact) mass is 362 g/mol. The molecular weight excluding hydrogens is 340 g/mol. The second-order valence-corrected chi connectivity index (χ2v) is 7.95. The van der Waals surface area contributed by atoms with Gasteiger partial charge in [0.25, 0.3) is 11.8 Å². The van der Waals surface area contributed by atoms with E-state index in [1.165, 1.54) is 0 Å². The summed E-state index contributed by atoms with van der Waals surface area (Å²) in [5.74, 6) is -0.714. The third kappa shape index (κ3) is 2.65. The van der Waals surface area contributed by atoms with Crippen LogP contribution in [0.15, 0.2) is 48.5 Å². The average molecular weight is 362 g/mol. The van der Waals surface area contributed by atoms with Crippen LogP contribution < -0.4 is 4.90 Å². The van der Waals surface area contributed by atoms with Crippen LogP contribution >= 0.6 is 0 Å². The first-order chi connectivity index (χ1) is 12.8. The number of benzene rings is 2. The number of rotatable bonds is 2. The zero-order valence-electron chi connectivity index (χ0n) is 15.7. The standard InChI is InChI=1S/C22H22N2O3/c1-14-12-22(2,3)24(18-11-7-6-8-15(14)18)19(25)13-23-20(26)16-9-4-5-10-17(16)21(23)27/h4-11,14H,12-13H2,1-3H3/t14-/m0/s1. The highest BCUT2D eigenvalue weighted by molar-refractivity contribution is 6.22. The molecule has 27 heavy (non-hydrogen) atoms. The number of imide groups is 1. The normalized spacial score (nSPS) is 20.5. The molecular formula is C22H22N2O3. The maximum atomic E-state index is 13.3. The Morgan fingerprint density at radius 1 is 1.00 bits per heavy atom. The second kappa shape index (κ2) is 6.05. The van der Waals surface area contributed by atoms with E-state index < -0.39 is 17.4 Å². The van der Waals surface area contributed by atoms with Crippen LogP contribution in [0, 0.1) is 0 Å². The first-order valence-electron chi connectivity index (χ1n) is 9.18. The first-order valence-corrected chi connectivity index (χ1v) is 9.18. The average Bonchev–Trinajstić information content (AvgIpc) is 2.86. The Kier molecular flexibility index (Phi) is 3.91. The van der Waals surface area contributed by atoms with E-state index in [9.17, 15) is 14.4 Å². The minimum Gasteiger partial charge on any atom is -0.305 e. The molecule has 0 fully saturated rings.